The third-order valence-electron chi connectivity index (χ3n) is 13.9. The monoisotopic (exact) mass is 1040 g/mol. The van der Waals surface area contributed by atoms with Gasteiger partial charge in [-0.1, -0.05) is 182 Å². The highest BCUT2D eigenvalue weighted by atomic mass is 32.2. The summed E-state index contributed by atoms with van der Waals surface area (Å²) in [6.07, 6.45) is -8.51. The Bertz CT molecular complexity index is 2990. The van der Waals surface area contributed by atoms with Crippen LogP contribution in [0.1, 0.15) is 58.9 Å². The number of carbonyl (C=O) groups excluding carboxylic acids is 3. The number of benzene rings is 7. The standard InChI is InChI=1S/C62H57NO12S/c64-58-48-32-18-19-33-49(48)59(65)63(58)52-55-54(51(40-68-35-42-22-8-2-9-23-42)73-62(52)76-46-29-14-5-15-30-46)75-61-57(71-38-45-28-16-17-31-47(45)60(66)74-55)56(70-37-44-26-12-4-13-27-44)53(69-36-43-24-10-3-11-25-43)50(72-61)39-67-34-41-20-6-1-7-21-41/h1-33,50-57,61-62H,34-40H2/t50-,51-,52+,53-,54-,55-,56+,57-,61-,62+/m1/s1. The van der Waals surface area contributed by atoms with Gasteiger partial charge >= 0.3 is 5.97 Å². The minimum atomic E-state index is -1.38. The van der Waals surface area contributed by atoms with Crippen LogP contribution in [0, 0.1) is 0 Å². The van der Waals surface area contributed by atoms with Gasteiger partial charge < -0.3 is 42.6 Å². The first-order chi connectivity index (χ1) is 37.4. The molecule has 0 unspecified atom stereocenters. The number of fused-ring (bicyclic) bond motifs is 4. The van der Waals surface area contributed by atoms with E-state index in [1.807, 2.05) is 158 Å². The molecule has 7 aromatic rings. The lowest BCUT2D eigenvalue weighted by Crippen LogP contribution is -2.68. The maximum absolute atomic E-state index is 15.1. The number of nitrogens with zero attached hydrogens (tertiary/aromatic N) is 1. The van der Waals surface area contributed by atoms with Crippen molar-refractivity contribution in [1.29, 1.82) is 0 Å². The molecule has 0 aromatic heterocycles. The van der Waals surface area contributed by atoms with Crippen LogP contribution < -0.4 is 0 Å². The van der Waals surface area contributed by atoms with Gasteiger partial charge in [-0.3, -0.25) is 14.5 Å². The summed E-state index contributed by atoms with van der Waals surface area (Å²) in [7, 11) is 0. The first-order valence-corrected chi connectivity index (χ1v) is 26.4. The molecule has 2 saturated heterocycles. The number of esters is 1. The second-order valence-corrected chi connectivity index (χ2v) is 20.1. The molecule has 0 bridgehead atoms. The van der Waals surface area contributed by atoms with Crippen LogP contribution >= 0.6 is 11.8 Å². The van der Waals surface area contributed by atoms with Crippen LogP contribution in [0.3, 0.4) is 0 Å². The summed E-state index contributed by atoms with van der Waals surface area (Å²) in [6, 6.07) is 61.2. The van der Waals surface area contributed by atoms with E-state index in [9.17, 15) is 9.59 Å². The summed E-state index contributed by atoms with van der Waals surface area (Å²) in [5, 5.41) is 0. The zero-order valence-electron chi connectivity index (χ0n) is 41.5. The maximum atomic E-state index is 15.1. The molecule has 7 aromatic carbocycles. The van der Waals surface area contributed by atoms with Gasteiger partial charge in [-0.05, 0) is 58.1 Å². The Labute approximate surface area is 445 Å². The topological polar surface area (TPSA) is 138 Å². The summed E-state index contributed by atoms with van der Waals surface area (Å²) in [4.78, 5) is 46.8. The van der Waals surface area contributed by atoms with E-state index in [0.29, 0.717) is 5.56 Å². The molecule has 4 aliphatic heterocycles. The van der Waals surface area contributed by atoms with Crippen molar-refractivity contribution in [1.82, 2.24) is 4.90 Å². The van der Waals surface area contributed by atoms with Gasteiger partial charge in [-0.2, -0.15) is 0 Å². The minimum Gasteiger partial charge on any atom is -0.454 e. The molecule has 4 aliphatic rings. The normalized spacial score (nSPS) is 25.3. The highest BCUT2D eigenvalue weighted by molar-refractivity contribution is 7.99. The van der Waals surface area contributed by atoms with Crippen molar-refractivity contribution >= 4 is 29.5 Å². The average molecular weight is 1040 g/mol. The molecule has 0 aliphatic carbocycles. The van der Waals surface area contributed by atoms with Crippen LogP contribution in [0.5, 0.6) is 0 Å². The van der Waals surface area contributed by atoms with E-state index in [-0.39, 0.29) is 62.9 Å². The summed E-state index contributed by atoms with van der Waals surface area (Å²) in [5.74, 6) is -1.84. The van der Waals surface area contributed by atoms with E-state index < -0.39 is 78.3 Å². The van der Waals surface area contributed by atoms with Crippen LogP contribution in [0.2, 0.25) is 0 Å². The fraction of sp³-hybridized carbons (Fsp3) is 0.274. The molecule has 0 radical (unpaired) electrons. The zero-order valence-corrected chi connectivity index (χ0v) is 42.3. The first kappa shape index (κ1) is 51.3. The van der Waals surface area contributed by atoms with Gasteiger partial charge in [-0.25, -0.2) is 4.79 Å². The van der Waals surface area contributed by atoms with Crippen molar-refractivity contribution in [2.45, 2.75) is 98.4 Å². The number of imide groups is 1. The van der Waals surface area contributed by atoms with E-state index in [1.165, 1.54) is 16.7 Å². The molecule has 0 N–H and O–H groups in total. The SMILES string of the molecule is O=C1O[C@H]2[C@H](O[C@H]3O[C@H](COCc4ccccc4)[C@@H](OCc4ccccc4)[C@H](OCc4ccccc4)[C@H]3OCc3ccccc31)[C@@H](COCc1ccccc1)O[C@@H](Sc1ccccc1)[C@H]2N1C(=O)c2ccccc2C1=O. The minimum absolute atomic E-state index is 0.0472. The van der Waals surface area contributed by atoms with Gasteiger partial charge in [0.1, 0.15) is 48.1 Å². The molecule has 0 saturated carbocycles. The number of ether oxygens (including phenoxy) is 9. The van der Waals surface area contributed by atoms with Crippen molar-refractivity contribution in [3.63, 3.8) is 0 Å². The lowest BCUT2D eigenvalue weighted by atomic mass is 9.94. The third kappa shape index (κ3) is 11.8. The second-order valence-electron chi connectivity index (χ2n) is 19.0. The molecule has 388 valence electrons. The van der Waals surface area contributed by atoms with E-state index >= 15 is 4.79 Å². The Morgan fingerprint density at radius 2 is 0.934 bits per heavy atom. The van der Waals surface area contributed by atoms with Crippen LogP contribution in [0.25, 0.3) is 0 Å². The fourth-order valence-electron chi connectivity index (χ4n) is 10.1. The molecule has 10 atom stereocenters. The molecular formula is C62H57NO12S. The van der Waals surface area contributed by atoms with Crippen LogP contribution in [0.4, 0.5) is 0 Å². The van der Waals surface area contributed by atoms with Gasteiger partial charge in [0.25, 0.3) is 11.8 Å². The van der Waals surface area contributed by atoms with Crippen molar-refractivity contribution in [2.24, 2.45) is 0 Å². The van der Waals surface area contributed by atoms with Gasteiger partial charge in [0.15, 0.2) is 12.4 Å². The number of thioether (sulfide) groups is 1. The largest absolute Gasteiger partial charge is 0.454 e. The average Bonchev–Trinajstić information content (AvgIpc) is 3.82. The Morgan fingerprint density at radius 3 is 1.50 bits per heavy atom. The molecule has 14 heteroatoms. The predicted octanol–water partition coefficient (Wildman–Crippen LogP) is 10.0. The van der Waals surface area contributed by atoms with E-state index in [2.05, 4.69) is 0 Å². The molecule has 11 rings (SSSR count). The van der Waals surface area contributed by atoms with E-state index in [0.717, 1.165) is 27.1 Å². The lowest BCUT2D eigenvalue weighted by Gasteiger charge is -2.51. The molecular weight excluding hydrogens is 983 g/mol. The number of amides is 2. The van der Waals surface area contributed by atoms with Gasteiger partial charge in [0.05, 0.1) is 62.9 Å². The summed E-state index contributed by atoms with van der Waals surface area (Å²) < 4.78 is 62.6. The van der Waals surface area contributed by atoms with Crippen molar-refractivity contribution in [3.05, 3.63) is 245 Å². The van der Waals surface area contributed by atoms with Crippen LogP contribution in [0.15, 0.2) is 205 Å². The molecule has 13 nitrogen and oxygen atoms in total. The maximum Gasteiger partial charge on any atom is 0.338 e. The molecule has 4 heterocycles. The van der Waals surface area contributed by atoms with Gasteiger partial charge in [0, 0.05) is 4.90 Å². The fourth-order valence-corrected chi connectivity index (χ4v) is 11.3. The first-order valence-electron chi connectivity index (χ1n) is 25.5. The zero-order chi connectivity index (χ0) is 51.6. The summed E-state index contributed by atoms with van der Waals surface area (Å²) >= 11 is 1.30. The Kier molecular flexibility index (Phi) is 16.5. The molecule has 76 heavy (non-hydrogen) atoms. The van der Waals surface area contributed by atoms with E-state index in [1.54, 1.807) is 42.5 Å². The van der Waals surface area contributed by atoms with Crippen LogP contribution in [-0.2, 0) is 75.7 Å². The van der Waals surface area contributed by atoms with E-state index in [4.69, 9.17) is 42.6 Å². The molecule has 0 spiro atoms. The second kappa shape index (κ2) is 24.5. The predicted molar refractivity (Wildman–Crippen MR) is 282 cm³/mol. The number of carbonyl (C=O) groups is 3. The Balaban J connectivity index is 1.04. The lowest BCUT2D eigenvalue weighted by molar-refractivity contribution is -0.353. The Hall–Kier alpha value is -6.82. The quantitative estimate of drug-likeness (QED) is 0.0633. The number of hydrogen-bond donors (Lipinski definition) is 0. The number of rotatable bonds is 17. The van der Waals surface area contributed by atoms with Crippen molar-refractivity contribution < 1.29 is 57.0 Å². The van der Waals surface area contributed by atoms with Crippen molar-refractivity contribution in [2.75, 3.05) is 13.2 Å². The molecule has 2 amide bonds. The van der Waals surface area contributed by atoms with Gasteiger partial charge in [-0.15, -0.1) is 0 Å². The highest BCUT2D eigenvalue weighted by Gasteiger charge is 2.59. The summed E-state index contributed by atoms with van der Waals surface area (Å²) in [5.41, 5.74) is 3.90. The summed E-state index contributed by atoms with van der Waals surface area (Å²) in [6.45, 7) is 0.766. The number of hydrogen-bond acceptors (Lipinski definition) is 13. The third-order valence-corrected chi connectivity index (χ3v) is 15.1. The Morgan fingerprint density at radius 1 is 0.461 bits per heavy atom. The van der Waals surface area contributed by atoms with Crippen molar-refractivity contribution in [3.8, 4) is 0 Å². The highest BCUT2D eigenvalue weighted by Crippen LogP contribution is 2.43. The van der Waals surface area contributed by atoms with Crippen LogP contribution in [-0.4, -0.2) is 96.4 Å². The smallest absolute Gasteiger partial charge is 0.338 e. The molecule has 2 fully saturated rings. The van der Waals surface area contributed by atoms with Gasteiger partial charge in [0.2, 0.25) is 0 Å².